The molecule has 0 saturated heterocycles. The van der Waals surface area contributed by atoms with Gasteiger partial charge in [-0.1, -0.05) is 6.92 Å². The minimum Gasteiger partial charge on any atom is -0.384 e. The Bertz CT molecular complexity index is 421. The van der Waals surface area contributed by atoms with Crippen LogP contribution in [-0.4, -0.2) is 37.2 Å². The van der Waals surface area contributed by atoms with Crippen LogP contribution in [0.3, 0.4) is 0 Å². The molecule has 1 amide bonds. The molecule has 0 fully saturated rings. The van der Waals surface area contributed by atoms with E-state index in [2.05, 4.69) is 22.5 Å². The number of aryl methyl sites for hydroxylation is 1. The first-order valence-electron chi connectivity index (χ1n) is 6.60. The second kappa shape index (κ2) is 7.74. The fourth-order valence-corrected chi connectivity index (χ4v) is 1.56. The highest BCUT2D eigenvalue weighted by atomic mass is 16.5. The van der Waals surface area contributed by atoms with Gasteiger partial charge < -0.3 is 15.4 Å². The zero-order chi connectivity index (χ0) is 14.3. The van der Waals surface area contributed by atoms with Crippen LogP contribution in [0.15, 0.2) is 12.3 Å². The minimum absolute atomic E-state index is 0.00518. The summed E-state index contributed by atoms with van der Waals surface area (Å²) in [5.41, 5.74) is 2.29. The normalized spacial score (nSPS) is 12.0. The number of aromatic nitrogens is 1. The number of methoxy groups -OCH3 is 1. The van der Waals surface area contributed by atoms with Crippen molar-refractivity contribution in [1.82, 2.24) is 10.3 Å². The zero-order valence-electron chi connectivity index (χ0n) is 12.1. The number of anilines is 1. The number of carbonyl (C=O) groups is 1. The number of carbonyl (C=O) groups excluding carboxylic acids is 1. The van der Waals surface area contributed by atoms with E-state index in [-0.39, 0.29) is 12.0 Å². The highest BCUT2D eigenvalue weighted by Gasteiger charge is 2.12. The standard InChI is InChI=1S/C14H23N3O2/c1-5-6-15-13-7-10(2)16-9-12(13)14(18)17-8-11(3)19-4/h7,9,11H,5-6,8H2,1-4H3,(H,15,16)(H,17,18). The van der Waals surface area contributed by atoms with Gasteiger partial charge in [0.25, 0.3) is 5.91 Å². The van der Waals surface area contributed by atoms with Gasteiger partial charge in [0, 0.05) is 32.1 Å². The average molecular weight is 265 g/mol. The lowest BCUT2D eigenvalue weighted by Crippen LogP contribution is -2.32. The number of rotatable bonds is 7. The molecule has 5 heteroatoms. The van der Waals surface area contributed by atoms with Crippen LogP contribution >= 0.6 is 0 Å². The van der Waals surface area contributed by atoms with Crippen LogP contribution in [0, 0.1) is 6.92 Å². The maximum Gasteiger partial charge on any atom is 0.255 e. The largest absolute Gasteiger partial charge is 0.384 e. The summed E-state index contributed by atoms with van der Waals surface area (Å²) in [6, 6.07) is 1.89. The first-order valence-corrected chi connectivity index (χ1v) is 6.60. The van der Waals surface area contributed by atoms with Gasteiger partial charge in [0.1, 0.15) is 0 Å². The predicted molar refractivity (Wildman–Crippen MR) is 76.6 cm³/mol. The Labute approximate surface area is 114 Å². The third-order valence-electron chi connectivity index (χ3n) is 2.80. The smallest absolute Gasteiger partial charge is 0.255 e. The lowest BCUT2D eigenvalue weighted by atomic mass is 10.2. The Morgan fingerprint density at radius 3 is 2.89 bits per heavy atom. The molecule has 1 atom stereocenters. The van der Waals surface area contributed by atoms with Crippen molar-refractivity contribution in [2.75, 3.05) is 25.5 Å². The number of amides is 1. The quantitative estimate of drug-likeness (QED) is 0.791. The highest BCUT2D eigenvalue weighted by molar-refractivity contribution is 5.99. The fraction of sp³-hybridized carbons (Fsp3) is 0.571. The van der Waals surface area contributed by atoms with Gasteiger partial charge in [-0.2, -0.15) is 0 Å². The van der Waals surface area contributed by atoms with E-state index in [0.717, 1.165) is 24.3 Å². The Morgan fingerprint density at radius 2 is 2.26 bits per heavy atom. The molecule has 106 valence electrons. The van der Waals surface area contributed by atoms with E-state index in [4.69, 9.17) is 4.74 Å². The molecule has 1 unspecified atom stereocenters. The molecular formula is C14H23N3O2. The third kappa shape index (κ3) is 4.87. The summed E-state index contributed by atoms with van der Waals surface area (Å²) in [7, 11) is 1.62. The van der Waals surface area contributed by atoms with E-state index in [1.807, 2.05) is 19.9 Å². The third-order valence-corrected chi connectivity index (χ3v) is 2.80. The fourth-order valence-electron chi connectivity index (χ4n) is 1.56. The second-order valence-corrected chi connectivity index (χ2v) is 4.55. The monoisotopic (exact) mass is 265 g/mol. The zero-order valence-corrected chi connectivity index (χ0v) is 12.1. The van der Waals surface area contributed by atoms with Crippen molar-refractivity contribution in [3.63, 3.8) is 0 Å². The molecule has 2 N–H and O–H groups in total. The molecule has 0 aliphatic rings. The van der Waals surface area contributed by atoms with Crippen molar-refractivity contribution < 1.29 is 9.53 Å². The minimum atomic E-state index is -0.130. The van der Waals surface area contributed by atoms with Crippen LogP contribution in [0.2, 0.25) is 0 Å². The van der Waals surface area contributed by atoms with Gasteiger partial charge in [0.15, 0.2) is 0 Å². The molecule has 1 aromatic heterocycles. The Hall–Kier alpha value is -1.62. The number of pyridine rings is 1. The Balaban J connectivity index is 2.77. The molecule has 0 aliphatic carbocycles. The first kappa shape index (κ1) is 15.4. The number of hydrogen-bond donors (Lipinski definition) is 2. The van der Waals surface area contributed by atoms with Crippen molar-refractivity contribution >= 4 is 11.6 Å². The SMILES string of the molecule is CCCNc1cc(C)ncc1C(=O)NCC(C)OC. The van der Waals surface area contributed by atoms with E-state index >= 15 is 0 Å². The van der Waals surface area contributed by atoms with Gasteiger partial charge in [0.05, 0.1) is 17.4 Å². The van der Waals surface area contributed by atoms with E-state index < -0.39 is 0 Å². The number of hydrogen-bond acceptors (Lipinski definition) is 4. The molecule has 1 heterocycles. The van der Waals surface area contributed by atoms with Gasteiger partial charge >= 0.3 is 0 Å². The summed E-state index contributed by atoms with van der Waals surface area (Å²) >= 11 is 0. The lowest BCUT2D eigenvalue weighted by molar-refractivity contribution is 0.0871. The van der Waals surface area contributed by atoms with Crippen LogP contribution in [0.25, 0.3) is 0 Å². The second-order valence-electron chi connectivity index (χ2n) is 4.55. The molecule has 19 heavy (non-hydrogen) atoms. The molecule has 0 bridgehead atoms. The van der Waals surface area contributed by atoms with Crippen molar-refractivity contribution in [3.8, 4) is 0 Å². The van der Waals surface area contributed by atoms with Gasteiger partial charge in [0.2, 0.25) is 0 Å². The van der Waals surface area contributed by atoms with E-state index in [1.165, 1.54) is 0 Å². The van der Waals surface area contributed by atoms with Crippen LogP contribution in [0.1, 0.15) is 36.3 Å². The van der Waals surface area contributed by atoms with E-state index in [0.29, 0.717) is 12.1 Å². The van der Waals surface area contributed by atoms with Crippen LogP contribution in [0.5, 0.6) is 0 Å². The van der Waals surface area contributed by atoms with Gasteiger partial charge in [-0.05, 0) is 26.3 Å². The highest BCUT2D eigenvalue weighted by Crippen LogP contribution is 2.15. The maximum atomic E-state index is 12.1. The van der Waals surface area contributed by atoms with Gasteiger partial charge in [-0.15, -0.1) is 0 Å². The molecule has 0 aromatic carbocycles. The van der Waals surface area contributed by atoms with Crippen molar-refractivity contribution in [1.29, 1.82) is 0 Å². The summed E-state index contributed by atoms with van der Waals surface area (Å²) in [5, 5.41) is 6.10. The van der Waals surface area contributed by atoms with Crippen LogP contribution < -0.4 is 10.6 Å². The average Bonchev–Trinajstić information content (AvgIpc) is 2.42. The molecule has 1 rings (SSSR count). The van der Waals surface area contributed by atoms with Gasteiger partial charge in [-0.25, -0.2) is 0 Å². The van der Waals surface area contributed by atoms with E-state index in [1.54, 1.807) is 13.3 Å². The molecule has 0 radical (unpaired) electrons. The topological polar surface area (TPSA) is 63.2 Å². The molecule has 0 saturated carbocycles. The lowest BCUT2D eigenvalue weighted by Gasteiger charge is -2.14. The first-order chi connectivity index (χ1) is 9.08. The van der Waals surface area contributed by atoms with Crippen LogP contribution in [-0.2, 0) is 4.74 Å². The van der Waals surface area contributed by atoms with E-state index in [9.17, 15) is 4.79 Å². The molecular weight excluding hydrogens is 242 g/mol. The Kier molecular flexibility index (Phi) is 6.29. The summed E-state index contributed by atoms with van der Waals surface area (Å²) < 4.78 is 5.10. The Morgan fingerprint density at radius 1 is 1.53 bits per heavy atom. The molecule has 1 aromatic rings. The predicted octanol–water partition coefficient (Wildman–Crippen LogP) is 1.98. The molecule has 0 aliphatic heterocycles. The number of nitrogens with one attached hydrogen (secondary N) is 2. The molecule has 5 nitrogen and oxygen atoms in total. The molecule has 0 spiro atoms. The van der Waals surface area contributed by atoms with Gasteiger partial charge in [-0.3, -0.25) is 9.78 Å². The summed E-state index contributed by atoms with van der Waals surface area (Å²) in [6.45, 7) is 7.21. The van der Waals surface area contributed by atoms with Crippen molar-refractivity contribution in [2.45, 2.75) is 33.3 Å². The maximum absolute atomic E-state index is 12.1. The van der Waals surface area contributed by atoms with Crippen molar-refractivity contribution in [3.05, 3.63) is 23.5 Å². The summed E-state index contributed by atoms with van der Waals surface area (Å²) in [4.78, 5) is 16.3. The number of ether oxygens (including phenoxy) is 1. The van der Waals surface area contributed by atoms with Crippen LogP contribution in [0.4, 0.5) is 5.69 Å². The number of nitrogens with zero attached hydrogens (tertiary/aromatic N) is 1. The van der Waals surface area contributed by atoms with Crippen molar-refractivity contribution in [2.24, 2.45) is 0 Å². The summed E-state index contributed by atoms with van der Waals surface area (Å²) in [6.07, 6.45) is 2.61. The summed E-state index contributed by atoms with van der Waals surface area (Å²) in [5.74, 6) is -0.130.